The number of amides is 2. The van der Waals surface area contributed by atoms with Crippen LogP contribution in [0, 0.1) is 0 Å². The van der Waals surface area contributed by atoms with E-state index in [1.165, 1.54) is 11.3 Å². The second-order valence-electron chi connectivity index (χ2n) is 4.90. The fourth-order valence-corrected chi connectivity index (χ4v) is 3.49. The first-order valence-corrected chi connectivity index (χ1v) is 8.79. The Balaban J connectivity index is 1.64. The number of methoxy groups -OCH3 is 1. The number of halogens is 1. The molecule has 0 spiro atoms. The van der Waals surface area contributed by atoms with Crippen molar-refractivity contribution in [1.82, 2.24) is 21.0 Å². The highest BCUT2D eigenvalue weighted by molar-refractivity contribution is 9.10. The molecule has 25 heavy (non-hydrogen) atoms. The minimum Gasteiger partial charge on any atom is -0.497 e. The molecule has 0 fully saturated rings. The van der Waals surface area contributed by atoms with Crippen LogP contribution < -0.4 is 15.6 Å². The molecule has 0 saturated carbocycles. The number of aromatic nitrogens is 2. The molecule has 0 saturated heterocycles. The molecular weight excluding hydrogens is 408 g/mol. The van der Waals surface area contributed by atoms with E-state index in [4.69, 9.17) is 4.74 Å². The Labute approximate surface area is 155 Å². The van der Waals surface area contributed by atoms with Crippen molar-refractivity contribution in [2.24, 2.45) is 0 Å². The molecule has 2 aromatic heterocycles. The van der Waals surface area contributed by atoms with E-state index < -0.39 is 11.8 Å². The SMILES string of the molecule is COc1ccc(-c2cc(C(=O)NNC(=O)c3sccc3Br)[nH]n2)cc1. The largest absolute Gasteiger partial charge is 0.497 e. The van der Waals surface area contributed by atoms with Crippen molar-refractivity contribution in [3.05, 3.63) is 56.8 Å². The van der Waals surface area contributed by atoms with Gasteiger partial charge < -0.3 is 4.74 Å². The zero-order valence-electron chi connectivity index (χ0n) is 13.0. The van der Waals surface area contributed by atoms with Crippen LogP contribution in [0.4, 0.5) is 0 Å². The number of hydrogen-bond acceptors (Lipinski definition) is 5. The van der Waals surface area contributed by atoms with E-state index in [0.29, 0.717) is 15.0 Å². The number of aromatic amines is 1. The van der Waals surface area contributed by atoms with Gasteiger partial charge in [-0.2, -0.15) is 5.10 Å². The van der Waals surface area contributed by atoms with Crippen LogP contribution >= 0.6 is 27.3 Å². The van der Waals surface area contributed by atoms with Crippen LogP contribution in [0.1, 0.15) is 20.2 Å². The molecule has 0 aliphatic rings. The molecule has 3 N–H and O–H groups in total. The van der Waals surface area contributed by atoms with Gasteiger partial charge in [-0.25, -0.2) is 0 Å². The van der Waals surface area contributed by atoms with Crippen molar-refractivity contribution in [1.29, 1.82) is 0 Å². The van der Waals surface area contributed by atoms with Crippen molar-refractivity contribution in [2.75, 3.05) is 7.11 Å². The fourth-order valence-electron chi connectivity index (χ4n) is 2.04. The molecule has 0 aliphatic carbocycles. The Morgan fingerprint density at radius 2 is 1.88 bits per heavy atom. The van der Waals surface area contributed by atoms with Crippen molar-refractivity contribution in [3.8, 4) is 17.0 Å². The standard InChI is InChI=1S/C16H13BrN4O3S/c1-24-10-4-2-9(3-5-10)12-8-13(19-18-12)15(22)20-21-16(23)14-11(17)6-7-25-14/h2-8H,1H3,(H,18,19)(H,20,22)(H,21,23). The highest BCUT2D eigenvalue weighted by Gasteiger charge is 2.15. The summed E-state index contributed by atoms with van der Waals surface area (Å²) in [5, 5.41) is 8.54. The lowest BCUT2D eigenvalue weighted by Crippen LogP contribution is -2.41. The van der Waals surface area contributed by atoms with Crippen LogP contribution in [0.5, 0.6) is 5.75 Å². The van der Waals surface area contributed by atoms with Gasteiger partial charge in [0.05, 0.1) is 12.8 Å². The number of H-pyrrole nitrogens is 1. The van der Waals surface area contributed by atoms with Gasteiger partial charge in [0.2, 0.25) is 0 Å². The topological polar surface area (TPSA) is 96.1 Å². The van der Waals surface area contributed by atoms with Crippen molar-refractivity contribution in [2.45, 2.75) is 0 Å². The van der Waals surface area contributed by atoms with E-state index in [2.05, 4.69) is 37.0 Å². The van der Waals surface area contributed by atoms with Crippen LogP contribution in [-0.4, -0.2) is 29.1 Å². The molecule has 7 nitrogen and oxygen atoms in total. The maximum absolute atomic E-state index is 12.1. The number of ether oxygens (including phenoxy) is 1. The van der Waals surface area contributed by atoms with Crippen molar-refractivity contribution in [3.63, 3.8) is 0 Å². The molecule has 0 atom stereocenters. The summed E-state index contributed by atoms with van der Waals surface area (Å²) in [4.78, 5) is 24.6. The van der Waals surface area contributed by atoms with Crippen molar-refractivity contribution < 1.29 is 14.3 Å². The monoisotopic (exact) mass is 420 g/mol. The molecule has 0 aliphatic heterocycles. The smallest absolute Gasteiger partial charge is 0.287 e. The highest BCUT2D eigenvalue weighted by Crippen LogP contribution is 2.22. The number of hydrogen-bond donors (Lipinski definition) is 3. The second-order valence-corrected chi connectivity index (χ2v) is 6.67. The molecule has 0 bridgehead atoms. The fraction of sp³-hybridized carbons (Fsp3) is 0.0625. The molecule has 9 heteroatoms. The Morgan fingerprint density at radius 1 is 1.16 bits per heavy atom. The van der Waals surface area contributed by atoms with Gasteiger partial charge in [0.1, 0.15) is 16.3 Å². The van der Waals surface area contributed by atoms with Gasteiger partial charge in [0.15, 0.2) is 0 Å². The average molecular weight is 421 g/mol. The third kappa shape index (κ3) is 3.89. The lowest BCUT2D eigenvalue weighted by molar-refractivity contribution is 0.0845. The number of benzene rings is 1. The van der Waals surface area contributed by atoms with E-state index in [1.807, 2.05) is 24.3 Å². The highest BCUT2D eigenvalue weighted by atomic mass is 79.9. The first kappa shape index (κ1) is 17.2. The number of carbonyl (C=O) groups excluding carboxylic acids is 2. The first-order valence-electron chi connectivity index (χ1n) is 7.12. The maximum atomic E-state index is 12.1. The molecule has 0 unspecified atom stereocenters. The Morgan fingerprint density at radius 3 is 2.52 bits per heavy atom. The Bertz CT molecular complexity index is 904. The first-order chi connectivity index (χ1) is 12.1. The molecule has 2 amide bonds. The number of nitrogens with zero attached hydrogens (tertiary/aromatic N) is 1. The van der Waals surface area contributed by atoms with Crippen LogP contribution in [0.15, 0.2) is 46.3 Å². The molecule has 128 valence electrons. The lowest BCUT2D eigenvalue weighted by atomic mass is 10.1. The summed E-state index contributed by atoms with van der Waals surface area (Å²) in [5.74, 6) is -0.155. The van der Waals surface area contributed by atoms with E-state index in [0.717, 1.165) is 11.3 Å². The molecule has 3 aromatic rings. The second kappa shape index (κ2) is 7.49. The van der Waals surface area contributed by atoms with Gasteiger partial charge in [0.25, 0.3) is 11.8 Å². The lowest BCUT2D eigenvalue weighted by Gasteiger charge is -2.04. The summed E-state index contributed by atoms with van der Waals surface area (Å²) in [5.41, 5.74) is 6.40. The predicted octanol–water partition coefficient (Wildman–Crippen LogP) is 2.98. The summed E-state index contributed by atoms with van der Waals surface area (Å²) in [6, 6.07) is 10.7. The van der Waals surface area contributed by atoms with Gasteiger partial charge in [-0.1, -0.05) is 0 Å². The predicted molar refractivity (Wildman–Crippen MR) is 97.5 cm³/mol. The van der Waals surface area contributed by atoms with E-state index in [-0.39, 0.29) is 5.69 Å². The number of nitrogens with one attached hydrogen (secondary N) is 3. The van der Waals surface area contributed by atoms with Gasteiger partial charge in [-0.3, -0.25) is 25.5 Å². The summed E-state index contributed by atoms with van der Waals surface area (Å²) in [6.07, 6.45) is 0. The normalized spacial score (nSPS) is 10.3. The third-order valence-corrected chi connectivity index (χ3v) is 5.16. The average Bonchev–Trinajstić information content (AvgIpc) is 3.28. The molecule has 2 heterocycles. The summed E-state index contributed by atoms with van der Waals surface area (Å²) in [7, 11) is 1.59. The van der Waals surface area contributed by atoms with Crippen LogP contribution in [0.2, 0.25) is 0 Å². The molecular formula is C16H13BrN4O3S. The van der Waals surface area contributed by atoms with Crippen LogP contribution in [0.3, 0.4) is 0 Å². The minimum atomic E-state index is -0.492. The number of rotatable bonds is 4. The zero-order valence-corrected chi connectivity index (χ0v) is 15.4. The Hall–Kier alpha value is -2.65. The van der Waals surface area contributed by atoms with Crippen LogP contribution in [-0.2, 0) is 0 Å². The van der Waals surface area contributed by atoms with E-state index >= 15 is 0 Å². The van der Waals surface area contributed by atoms with Crippen LogP contribution in [0.25, 0.3) is 11.3 Å². The van der Waals surface area contributed by atoms with Gasteiger partial charge in [0, 0.05) is 10.0 Å². The van der Waals surface area contributed by atoms with Gasteiger partial charge in [-0.05, 0) is 57.7 Å². The third-order valence-electron chi connectivity index (χ3n) is 3.32. The quantitative estimate of drug-likeness (QED) is 0.565. The maximum Gasteiger partial charge on any atom is 0.287 e. The van der Waals surface area contributed by atoms with Gasteiger partial charge >= 0.3 is 0 Å². The van der Waals surface area contributed by atoms with Gasteiger partial charge in [-0.15, -0.1) is 11.3 Å². The summed E-state index contributed by atoms with van der Waals surface area (Å²) >= 11 is 4.54. The van der Waals surface area contributed by atoms with E-state index in [1.54, 1.807) is 24.6 Å². The molecule has 3 rings (SSSR count). The van der Waals surface area contributed by atoms with Crippen molar-refractivity contribution >= 4 is 39.1 Å². The number of thiophene rings is 1. The molecule has 0 radical (unpaired) electrons. The summed E-state index contributed by atoms with van der Waals surface area (Å²) in [6.45, 7) is 0. The van der Waals surface area contributed by atoms with E-state index in [9.17, 15) is 9.59 Å². The number of hydrazine groups is 1. The number of carbonyl (C=O) groups is 2. The minimum absolute atomic E-state index is 0.233. The molecule has 1 aromatic carbocycles. The summed E-state index contributed by atoms with van der Waals surface area (Å²) < 4.78 is 5.78. The Kier molecular flexibility index (Phi) is 5.15. The zero-order chi connectivity index (χ0) is 17.8.